The molecule has 0 bridgehead atoms. The van der Waals surface area contributed by atoms with E-state index in [4.69, 9.17) is 4.42 Å². The molecular weight excluding hydrogens is 228 g/mol. The standard InChI is InChI=1S/C14H22N2O2/c1-3-7-16-8-4-5-12(16)10-15-14(17)13-6-9-18-11(13)2/h6,9,12H,3-5,7-8,10H2,1-2H3,(H,15,17)/t12-/m0/s1. The lowest BCUT2D eigenvalue weighted by molar-refractivity contribution is 0.0939. The number of aryl methyl sites for hydroxylation is 1. The molecule has 2 heterocycles. The fraction of sp³-hybridized carbons (Fsp3) is 0.643. The first kappa shape index (κ1) is 13.1. The van der Waals surface area contributed by atoms with E-state index in [9.17, 15) is 4.79 Å². The number of carbonyl (C=O) groups excluding carboxylic acids is 1. The first-order valence-corrected chi connectivity index (χ1v) is 6.78. The molecule has 1 aliphatic heterocycles. The van der Waals surface area contributed by atoms with Crippen molar-refractivity contribution in [1.82, 2.24) is 10.2 Å². The monoisotopic (exact) mass is 250 g/mol. The lowest BCUT2D eigenvalue weighted by atomic mass is 10.2. The summed E-state index contributed by atoms with van der Waals surface area (Å²) in [6.07, 6.45) is 5.16. The normalized spacial score (nSPS) is 20.2. The molecule has 0 aliphatic carbocycles. The van der Waals surface area contributed by atoms with Crippen LogP contribution in [0.4, 0.5) is 0 Å². The highest BCUT2D eigenvalue weighted by molar-refractivity contribution is 5.95. The van der Waals surface area contributed by atoms with Gasteiger partial charge in [0.2, 0.25) is 0 Å². The summed E-state index contributed by atoms with van der Waals surface area (Å²) < 4.78 is 5.15. The Morgan fingerprint density at radius 3 is 3.11 bits per heavy atom. The van der Waals surface area contributed by atoms with Gasteiger partial charge in [-0.15, -0.1) is 0 Å². The third kappa shape index (κ3) is 2.93. The van der Waals surface area contributed by atoms with Crippen molar-refractivity contribution in [1.29, 1.82) is 0 Å². The molecule has 1 aliphatic rings. The molecule has 1 aromatic rings. The highest BCUT2D eigenvalue weighted by Crippen LogP contribution is 2.17. The molecule has 18 heavy (non-hydrogen) atoms. The van der Waals surface area contributed by atoms with Crippen LogP contribution in [0.25, 0.3) is 0 Å². The third-order valence-electron chi connectivity index (χ3n) is 3.61. The van der Waals surface area contributed by atoms with Crippen LogP contribution in [-0.4, -0.2) is 36.5 Å². The zero-order valence-electron chi connectivity index (χ0n) is 11.2. The van der Waals surface area contributed by atoms with Crippen molar-refractivity contribution < 1.29 is 9.21 Å². The second kappa shape index (κ2) is 6.05. The Hall–Kier alpha value is -1.29. The van der Waals surface area contributed by atoms with Gasteiger partial charge in [0, 0.05) is 12.6 Å². The van der Waals surface area contributed by atoms with Gasteiger partial charge in [0.05, 0.1) is 11.8 Å². The van der Waals surface area contributed by atoms with Crippen molar-refractivity contribution >= 4 is 5.91 Å². The SMILES string of the molecule is CCCN1CCC[C@H]1CNC(=O)c1ccoc1C. The van der Waals surface area contributed by atoms with E-state index in [-0.39, 0.29) is 5.91 Å². The largest absolute Gasteiger partial charge is 0.469 e. The predicted octanol–water partition coefficient (Wildman–Crippen LogP) is 2.19. The Morgan fingerprint density at radius 2 is 2.44 bits per heavy atom. The molecule has 0 radical (unpaired) electrons. The van der Waals surface area contributed by atoms with Crippen LogP contribution in [0.3, 0.4) is 0 Å². The molecule has 0 saturated carbocycles. The highest BCUT2D eigenvalue weighted by atomic mass is 16.3. The van der Waals surface area contributed by atoms with Crippen molar-refractivity contribution in [2.24, 2.45) is 0 Å². The predicted molar refractivity (Wildman–Crippen MR) is 70.7 cm³/mol. The first-order valence-electron chi connectivity index (χ1n) is 6.78. The average Bonchev–Trinajstić information content (AvgIpc) is 2.96. The van der Waals surface area contributed by atoms with Crippen molar-refractivity contribution in [2.75, 3.05) is 19.6 Å². The number of hydrogen-bond acceptors (Lipinski definition) is 3. The van der Waals surface area contributed by atoms with E-state index in [0.717, 1.165) is 13.1 Å². The second-order valence-electron chi connectivity index (χ2n) is 4.93. The van der Waals surface area contributed by atoms with E-state index < -0.39 is 0 Å². The van der Waals surface area contributed by atoms with E-state index in [1.54, 1.807) is 12.3 Å². The fourth-order valence-electron chi connectivity index (χ4n) is 2.63. The van der Waals surface area contributed by atoms with Gasteiger partial charge < -0.3 is 9.73 Å². The molecule has 1 N–H and O–H groups in total. The molecule has 4 nitrogen and oxygen atoms in total. The second-order valence-corrected chi connectivity index (χ2v) is 4.93. The maximum absolute atomic E-state index is 12.0. The number of rotatable bonds is 5. The molecule has 1 aromatic heterocycles. The first-order chi connectivity index (χ1) is 8.72. The Kier molecular flexibility index (Phi) is 4.42. The van der Waals surface area contributed by atoms with Crippen LogP contribution in [-0.2, 0) is 0 Å². The summed E-state index contributed by atoms with van der Waals surface area (Å²) in [5, 5.41) is 3.02. The molecule has 0 unspecified atom stereocenters. The number of hydrogen-bond donors (Lipinski definition) is 1. The summed E-state index contributed by atoms with van der Waals surface area (Å²) in [4.78, 5) is 14.4. The van der Waals surface area contributed by atoms with Gasteiger partial charge in [-0.2, -0.15) is 0 Å². The van der Waals surface area contributed by atoms with Gasteiger partial charge in [-0.05, 0) is 45.3 Å². The van der Waals surface area contributed by atoms with E-state index in [1.165, 1.54) is 25.8 Å². The Labute approximate surface area is 108 Å². The zero-order chi connectivity index (χ0) is 13.0. The van der Waals surface area contributed by atoms with Crippen LogP contribution in [0, 0.1) is 6.92 Å². The van der Waals surface area contributed by atoms with E-state index >= 15 is 0 Å². The summed E-state index contributed by atoms with van der Waals surface area (Å²) in [5.41, 5.74) is 0.648. The van der Waals surface area contributed by atoms with Gasteiger partial charge in [-0.1, -0.05) is 6.92 Å². The quantitative estimate of drug-likeness (QED) is 0.871. The van der Waals surface area contributed by atoms with E-state index in [2.05, 4.69) is 17.1 Å². The lowest BCUT2D eigenvalue weighted by Gasteiger charge is -2.23. The molecule has 1 amide bonds. The number of amides is 1. The Morgan fingerprint density at radius 1 is 1.61 bits per heavy atom. The van der Waals surface area contributed by atoms with Gasteiger partial charge >= 0.3 is 0 Å². The number of nitrogens with zero attached hydrogens (tertiary/aromatic N) is 1. The lowest BCUT2D eigenvalue weighted by Crippen LogP contribution is -2.40. The van der Waals surface area contributed by atoms with Gasteiger partial charge in [-0.3, -0.25) is 9.69 Å². The van der Waals surface area contributed by atoms with Crippen LogP contribution >= 0.6 is 0 Å². The van der Waals surface area contributed by atoms with Crippen LogP contribution in [0.1, 0.15) is 42.3 Å². The van der Waals surface area contributed by atoms with Gasteiger partial charge in [0.25, 0.3) is 5.91 Å². The van der Waals surface area contributed by atoms with Crippen LogP contribution < -0.4 is 5.32 Å². The minimum atomic E-state index is -0.0235. The minimum Gasteiger partial charge on any atom is -0.469 e. The molecule has 0 spiro atoms. The molecule has 0 aromatic carbocycles. The van der Waals surface area contributed by atoms with Crippen LogP contribution in [0.5, 0.6) is 0 Å². The number of nitrogens with one attached hydrogen (secondary N) is 1. The third-order valence-corrected chi connectivity index (χ3v) is 3.61. The average molecular weight is 250 g/mol. The van der Waals surface area contributed by atoms with Crippen molar-refractivity contribution in [2.45, 2.75) is 39.2 Å². The van der Waals surface area contributed by atoms with Crippen LogP contribution in [0.2, 0.25) is 0 Å². The maximum Gasteiger partial charge on any atom is 0.254 e. The fourth-order valence-corrected chi connectivity index (χ4v) is 2.63. The van der Waals surface area contributed by atoms with Crippen molar-refractivity contribution in [3.63, 3.8) is 0 Å². The smallest absolute Gasteiger partial charge is 0.254 e. The topological polar surface area (TPSA) is 45.5 Å². The molecule has 100 valence electrons. The molecule has 2 rings (SSSR count). The van der Waals surface area contributed by atoms with Crippen molar-refractivity contribution in [3.05, 3.63) is 23.7 Å². The number of furan rings is 1. The highest BCUT2D eigenvalue weighted by Gasteiger charge is 2.24. The van der Waals surface area contributed by atoms with Gasteiger partial charge in [0.1, 0.15) is 5.76 Å². The number of likely N-dealkylation sites (tertiary alicyclic amines) is 1. The molecular formula is C14H22N2O2. The zero-order valence-corrected chi connectivity index (χ0v) is 11.2. The molecule has 1 fully saturated rings. The van der Waals surface area contributed by atoms with E-state index in [1.807, 2.05) is 6.92 Å². The number of carbonyl (C=O) groups is 1. The van der Waals surface area contributed by atoms with Gasteiger partial charge in [0.15, 0.2) is 0 Å². The minimum absolute atomic E-state index is 0.0235. The summed E-state index contributed by atoms with van der Waals surface area (Å²) in [5.74, 6) is 0.661. The Balaban J connectivity index is 1.84. The summed E-state index contributed by atoms with van der Waals surface area (Å²) >= 11 is 0. The summed E-state index contributed by atoms with van der Waals surface area (Å²) in [6.45, 7) is 7.05. The molecule has 1 atom stereocenters. The van der Waals surface area contributed by atoms with E-state index in [0.29, 0.717) is 17.4 Å². The maximum atomic E-state index is 12.0. The molecule has 4 heteroatoms. The molecule has 1 saturated heterocycles. The van der Waals surface area contributed by atoms with Gasteiger partial charge in [-0.25, -0.2) is 0 Å². The Bertz CT molecular complexity index is 400. The summed E-state index contributed by atoms with van der Waals surface area (Å²) in [7, 11) is 0. The van der Waals surface area contributed by atoms with Crippen molar-refractivity contribution in [3.8, 4) is 0 Å². The van der Waals surface area contributed by atoms with Crippen LogP contribution in [0.15, 0.2) is 16.7 Å². The summed E-state index contributed by atoms with van der Waals surface area (Å²) in [6, 6.07) is 2.23.